The van der Waals surface area contributed by atoms with E-state index in [0.717, 1.165) is 25.4 Å². The normalized spacial score (nSPS) is 15.4. The summed E-state index contributed by atoms with van der Waals surface area (Å²) in [4.78, 5) is 32.4. The number of nitrogens with one attached hydrogen (secondary N) is 1. The van der Waals surface area contributed by atoms with Crippen LogP contribution >= 0.6 is 0 Å². The van der Waals surface area contributed by atoms with Crippen molar-refractivity contribution in [1.29, 1.82) is 0 Å². The number of tetrazole rings is 1. The number of amides is 2. The van der Waals surface area contributed by atoms with E-state index in [1.165, 1.54) is 4.80 Å². The van der Waals surface area contributed by atoms with Gasteiger partial charge >= 0.3 is 0 Å². The second-order valence-corrected chi connectivity index (χ2v) is 10.5. The van der Waals surface area contributed by atoms with E-state index in [9.17, 15) is 9.59 Å². The summed E-state index contributed by atoms with van der Waals surface area (Å²) in [7, 11) is 0. The van der Waals surface area contributed by atoms with Crippen LogP contribution in [0.2, 0.25) is 0 Å². The summed E-state index contributed by atoms with van der Waals surface area (Å²) in [5.74, 6) is 1.90. The van der Waals surface area contributed by atoms with E-state index in [0.29, 0.717) is 43.5 Å². The first kappa shape index (κ1) is 27.5. The molecular formula is C26H37N7O5. The minimum absolute atomic E-state index is 0.191. The van der Waals surface area contributed by atoms with Gasteiger partial charge in [-0.2, -0.15) is 4.80 Å². The first-order chi connectivity index (χ1) is 18.1. The van der Waals surface area contributed by atoms with Gasteiger partial charge in [0.05, 0.1) is 13.2 Å². The van der Waals surface area contributed by atoms with E-state index < -0.39 is 11.6 Å². The summed E-state index contributed by atoms with van der Waals surface area (Å²) in [6.45, 7) is 13.3. The Morgan fingerprint density at radius 2 is 1.79 bits per heavy atom. The summed E-state index contributed by atoms with van der Waals surface area (Å²) in [6.07, 6.45) is 0.673. The second kappa shape index (κ2) is 11.9. The van der Waals surface area contributed by atoms with Gasteiger partial charge in [0.25, 0.3) is 5.91 Å². The quantitative estimate of drug-likeness (QED) is 0.422. The van der Waals surface area contributed by atoms with Gasteiger partial charge in [-0.05, 0) is 70.5 Å². The fourth-order valence-corrected chi connectivity index (χ4v) is 4.33. The molecule has 0 aromatic carbocycles. The third kappa shape index (κ3) is 7.29. The van der Waals surface area contributed by atoms with Gasteiger partial charge in [-0.1, -0.05) is 0 Å². The van der Waals surface area contributed by atoms with E-state index in [1.807, 2.05) is 34.6 Å². The number of morpholine rings is 1. The van der Waals surface area contributed by atoms with Crippen LogP contribution in [0.4, 0.5) is 0 Å². The highest BCUT2D eigenvalue weighted by Gasteiger charge is 2.35. The first-order valence-electron chi connectivity index (χ1n) is 12.9. The number of carbonyl (C=O) groups excluding carboxylic acids is 2. The topological polar surface area (TPSA) is 132 Å². The third-order valence-corrected chi connectivity index (χ3v) is 6.08. The molecule has 0 spiro atoms. The second-order valence-electron chi connectivity index (χ2n) is 10.5. The molecule has 1 atom stereocenters. The third-order valence-electron chi connectivity index (χ3n) is 6.08. The minimum Gasteiger partial charge on any atom is -0.464 e. The molecular weight excluding hydrogens is 490 g/mol. The van der Waals surface area contributed by atoms with Gasteiger partial charge in [0.2, 0.25) is 11.7 Å². The van der Waals surface area contributed by atoms with Crippen molar-refractivity contribution in [1.82, 2.24) is 35.3 Å². The molecule has 1 unspecified atom stereocenters. The Labute approximate surface area is 222 Å². The summed E-state index contributed by atoms with van der Waals surface area (Å²) in [5, 5.41) is 15.4. The Morgan fingerprint density at radius 3 is 2.42 bits per heavy atom. The fourth-order valence-electron chi connectivity index (χ4n) is 4.33. The predicted molar refractivity (Wildman–Crippen MR) is 138 cm³/mol. The van der Waals surface area contributed by atoms with Gasteiger partial charge < -0.3 is 23.8 Å². The average Bonchev–Trinajstić information content (AvgIpc) is 3.59. The molecule has 3 aromatic heterocycles. The molecule has 12 nitrogen and oxygen atoms in total. The molecule has 1 aliphatic rings. The van der Waals surface area contributed by atoms with Gasteiger partial charge in [-0.15, -0.1) is 10.2 Å². The maximum absolute atomic E-state index is 13.8. The number of rotatable bonds is 10. The summed E-state index contributed by atoms with van der Waals surface area (Å²) < 4.78 is 16.9. The number of nitrogens with zero attached hydrogens (tertiary/aromatic N) is 6. The van der Waals surface area contributed by atoms with Crippen LogP contribution in [0.1, 0.15) is 50.5 Å². The number of aromatic nitrogens is 4. The summed E-state index contributed by atoms with van der Waals surface area (Å²) >= 11 is 0. The number of ether oxygens (including phenoxy) is 1. The van der Waals surface area contributed by atoms with E-state index in [-0.39, 0.29) is 24.2 Å². The molecule has 0 aliphatic carbocycles. The molecule has 38 heavy (non-hydrogen) atoms. The van der Waals surface area contributed by atoms with Crippen LogP contribution in [0.15, 0.2) is 33.1 Å². The smallest absolute Gasteiger partial charge is 0.251 e. The zero-order valence-electron chi connectivity index (χ0n) is 22.8. The van der Waals surface area contributed by atoms with Crippen molar-refractivity contribution in [2.45, 2.75) is 59.2 Å². The molecule has 206 valence electrons. The molecule has 3 aromatic rings. The lowest BCUT2D eigenvalue weighted by molar-refractivity contribution is -0.143. The van der Waals surface area contributed by atoms with E-state index >= 15 is 0 Å². The number of carbonyl (C=O) groups is 2. The van der Waals surface area contributed by atoms with Gasteiger partial charge in [-0.25, -0.2) is 0 Å². The van der Waals surface area contributed by atoms with E-state index in [4.69, 9.17) is 13.6 Å². The molecule has 2 amide bonds. The van der Waals surface area contributed by atoms with Crippen LogP contribution < -0.4 is 5.32 Å². The molecule has 1 aliphatic heterocycles. The molecule has 0 radical (unpaired) electrons. The van der Waals surface area contributed by atoms with Crippen molar-refractivity contribution < 1.29 is 23.2 Å². The van der Waals surface area contributed by atoms with Crippen LogP contribution in [0.5, 0.6) is 0 Å². The molecule has 1 N–H and O–H groups in total. The van der Waals surface area contributed by atoms with Crippen molar-refractivity contribution in [3.05, 3.63) is 41.5 Å². The Bertz CT molecular complexity index is 1220. The van der Waals surface area contributed by atoms with Crippen molar-refractivity contribution in [2.75, 3.05) is 39.4 Å². The predicted octanol–water partition coefficient (Wildman–Crippen LogP) is 2.35. The van der Waals surface area contributed by atoms with Gasteiger partial charge in [0.1, 0.15) is 23.8 Å². The van der Waals surface area contributed by atoms with Crippen LogP contribution in [-0.2, 0) is 20.9 Å². The summed E-state index contributed by atoms with van der Waals surface area (Å²) in [5.41, 5.74) is -0.497. The van der Waals surface area contributed by atoms with Crippen LogP contribution in [0.3, 0.4) is 0 Å². The Morgan fingerprint density at radius 1 is 1.08 bits per heavy atom. The molecule has 0 saturated carbocycles. The number of aryl methyl sites for hydroxylation is 2. The highest BCUT2D eigenvalue weighted by Crippen LogP contribution is 2.26. The Hall–Kier alpha value is -3.51. The molecule has 0 bridgehead atoms. The van der Waals surface area contributed by atoms with Gasteiger partial charge in [-0.3, -0.25) is 14.5 Å². The van der Waals surface area contributed by atoms with Crippen molar-refractivity contribution in [3.8, 4) is 11.6 Å². The largest absolute Gasteiger partial charge is 0.464 e. The highest BCUT2D eigenvalue weighted by atomic mass is 16.5. The van der Waals surface area contributed by atoms with Gasteiger partial charge in [0.15, 0.2) is 11.8 Å². The highest BCUT2D eigenvalue weighted by molar-refractivity contribution is 5.88. The summed E-state index contributed by atoms with van der Waals surface area (Å²) in [6, 6.07) is 6.15. The minimum atomic E-state index is -0.948. The average molecular weight is 528 g/mol. The maximum atomic E-state index is 13.8. The van der Waals surface area contributed by atoms with Crippen molar-refractivity contribution >= 4 is 11.8 Å². The van der Waals surface area contributed by atoms with E-state index in [2.05, 4.69) is 25.6 Å². The van der Waals surface area contributed by atoms with E-state index in [1.54, 1.807) is 29.2 Å². The van der Waals surface area contributed by atoms with Gasteiger partial charge in [0, 0.05) is 31.7 Å². The molecule has 1 saturated heterocycles. The monoisotopic (exact) mass is 527 g/mol. The van der Waals surface area contributed by atoms with Crippen molar-refractivity contribution in [3.63, 3.8) is 0 Å². The zero-order chi connectivity index (χ0) is 27.3. The zero-order valence-corrected chi connectivity index (χ0v) is 22.8. The number of hydrogen-bond donors (Lipinski definition) is 1. The standard InChI is InChI=1S/C26H37N7O5/c1-18-7-9-20(37-18)23(25(35)27-26(3,4)5)32(12-6-11-31-13-15-36-16-14-31)22(34)17-33-29-24(28-30-33)21-10-8-19(2)38-21/h7-10,23H,6,11-17H2,1-5H3,(H,27,35). The van der Waals surface area contributed by atoms with Crippen LogP contribution in [-0.4, -0.2) is 86.8 Å². The molecule has 1 fully saturated rings. The fraction of sp³-hybridized carbons (Fsp3) is 0.577. The Balaban J connectivity index is 1.57. The molecule has 4 heterocycles. The number of furan rings is 2. The maximum Gasteiger partial charge on any atom is 0.251 e. The number of hydrogen-bond acceptors (Lipinski definition) is 9. The Kier molecular flexibility index (Phi) is 8.62. The van der Waals surface area contributed by atoms with Crippen molar-refractivity contribution in [2.24, 2.45) is 0 Å². The van der Waals surface area contributed by atoms with Crippen LogP contribution in [0.25, 0.3) is 11.6 Å². The lowest BCUT2D eigenvalue weighted by Gasteiger charge is -2.33. The lowest BCUT2D eigenvalue weighted by atomic mass is 10.1. The lowest BCUT2D eigenvalue weighted by Crippen LogP contribution is -2.50. The van der Waals surface area contributed by atoms with Crippen LogP contribution in [0, 0.1) is 13.8 Å². The molecule has 12 heteroatoms. The molecule has 4 rings (SSSR count). The first-order valence-corrected chi connectivity index (χ1v) is 12.9. The SMILES string of the molecule is Cc1ccc(-c2nnn(CC(=O)N(CCCN3CCOCC3)C(C(=O)NC(C)(C)C)c3ccc(C)o3)n2)o1.